The first-order chi connectivity index (χ1) is 10.1. The van der Waals surface area contributed by atoms with E-state index in [0.29, 0.717) is 30.8 Å². The van der Waals surface area contributed by atoms with E-state index in [2.05, 4.69) is 10.6 Å². The molecule has 21 heavy (non-hydrogen) atoms. The number of anilines is 2. The Hall–Kier alpha value is -1.92. The summed E-state index contributed by atoms with van der Waals surface area (Å²) in [5.41, 5.74) is 7.14. The fourth-order valence-corrected chi connectivity index (χ4v) is 1.70. The predicted octanol–water partition coefficient (Wildman–Crippen LogP) is 1.73. The summed E-state index contributed by atoms with van der Waals surface area (Å²) < 4.78 is 4.92. The maximum atomic E-state index is 11.9. The van der Waals surface area contributed by atoms with Crippen molar-refractivity contribution in [2.75, 3.05) is 24.4 Å². The van der Waals surface area contributed by atoms with Crippen molar-refractivity contribution in [2.24, 2.45) is 5.73 Å². The maximum absolute atomic E-state index is 11.9. The van der Waals surface area contributed by atoms with Crippen molar-refractivity contribution in [3.05, 3.63) is 24.3 Å². The Morgan fingerprint density at radius 2 is 1.76 bits per heavy atom. The molecule has 1 unspecified atom stereocenters. The van der Waals surface area contributed by atoms with E-state index in [0.717, 1.165) is 6.42 Å². The highest BCUT2D eigenvalue weighted by molar-refractivity contribution is 5.95. The number of benzene rings is 1. The zero-order valence-electron chi connectivity index (χ0n) is 12.5. The lowest BCUT2D eigenvalue weighted by molar-refractivity contribution is -0.117. The van der Waals surface area contributed by atoms with Gasteiger partial charge in [-0.3, -0.25) is 9.59 Å². The van der Waals surface area contributed by atoms with E-state index < -0.39 is 6.04 Å². The molecular weight excluding hydrogens is 270 g/mol. The van der Waals surface area contributed by atoms with Crippen LogP contribution >= 0.6 is 0 Å². The summed E-state index contributed by atoms with van der Waals surface area (Å²) in [4.78, 5) is 23.1. The van der Waals surface area contributed by atoms with Crippen LogP contribution in [0.2, 0.25) is 0 Å². The Labute approximate surface area is 125 Å². The number of nitrogens with two attached hydrogens (primary N) is 1. The largest absolute Gasteiger partial charge is 0.385 e. The normalized spacial score (nSPS) is 11.8. The number of hydrogen-bond acceptors (Lipinski definition) is 4. The first-order valence-corrected chi connectivity index (χ1v) is 7.02. The van der Waals surface area contributed by atoms with Crippen molar-refractivity contribution in [3.8, 4) is 0 Å². The van der Waals surface area contributed by atoms with E-state index in [1.807, 2.05) is 0 Å². The van der Waals surface area contributed by atoms with Gasteiger partial charge in [-0.05, 0) is 37.1 Å². The summed E-state index contributed by atoms with van der Waals surface area (Å²) in [6.45, 7) is 2.38. The smallest absolute Gasteiger partial charge is 0.241 e. The second kappa shape index (κ2) is 9.10. The van der Waals surface area contributed by atoms with Gasteiger partial charge in [-0.15, -0.1) is 0 Å². The van der Waals surface area contributed by atoms with E-state index in [-0.39, 0.29) is 11.8 Å². The van der Waals surface area contributed by atoms with Gasteiger partial charge in [0.1, 0.15) is 0 Å². The van der Waals surface area contributed by atoms with Crippen molar-refractivity contribution in [1.82, 2.24) is 0 Å². The number of carbonyl (C=O) groups is 2. The van der Waals surface area contributed by atoms with Gasteiger partial charge in [0.05, 0.1) is 6.04 Å². The molecule has 0 aliphatic rings. The summed E-state index contributed by atoms with van der Waals surface area (Å²) in [5, 5.41) is 5.48. The minimum absolute atomic E-state index is 0.0491. The Balaban J connectivity index is 2.47. The van der Waals surface area contributed by atoms with Crippen molar-refractivity contribution < 1.29 is 14.3 Å². The molecule has 1 aromatic carbocycles. The minimum atomic E-state index is -0.556. The van der Waals surface area contributed by atoms with Crippen LogP contribution in [-0.4, -0.2) is 31.6 Å². The maximum Gasteiger partial charge on any atom is 0.241 e. The lowest BCUT2D eigenvalue weighted by atomic mass is 10.1. The lowest BCUT2D eigenvalue weighted by Crippen LogP contribution is -2.35. The third-order valence-electron chi connectivity index (χ3n) is 2.96. The summed E-state index contributed by atoms with van der Waals surface area (Å²) in [7, 11) is 1.62. The zero-order chi connectivity index (χ0) is 15.7. The van der Waals surface area contributed by atoms with Crippen LogP contribution in [0.3, 0.4) is 0 Å². The molecule has 0 saturated carbocycles. The third-order valence-corrected chi connectivity index (χ3v) is 2.96. The third kappa shape index (κ3) is 6.37. The van der Waals surface area contributed by atoms with E-state index >= 15 is 0 Å². The molecule has 1 aromatic rings. The molecule has 0 bridgehead atoms. The SMILES string of the molecule is CCC(=O)Nc1ccc(NC(=O)C(N)CCCOC)cc1. The number of hydrogen-bond donors (Lipinski definition) is 3. The molecule has 1 atom stereocenters. The van der Waals surface area contributed by atoms with Crippen molar-refractivity contribution in [1.29, 1.82) is 0 Å². The number of methoxy groups -OCH3 is 1. The Bertz CT molecular complexity index is 460. The number of nitrogens with one attached hydrogen (secondary N) is 2. The highest BCUT2D eigenvalue weighted by Crippen LogP contribution is 2.14. The molecule has 0 aliphatic heterocycles. The minimum Gasteiger partial charge on any atom is -0.385 e. The number of ether oxygens (including phenoxy) is 1. The second-order valence-corrected chi connectivity index (χ2v) is 4.71. The molecule has 116 valence electrons. The van der Waals surface area contributed by atoms with E-state index in [9.17, 15) is 9.59 Å². The number of rotatable bonds is 8. The molecule has 0 spiro atoms. The van der Waals surface area contributed by atoms with Gasteiger partial charge in [0.2, 0.25) is 11.8 Å². The van der Waals surface area contributed by atoms with Crippen LogP contribution in [0.4, 0.5) is 11.4 Å². The van der Waals surface area contributed by atoms with Gasteiger partial charge >= 0.3 is 0 Å². The number of carbonyl (C=O) groups excluding carboxylic acids is 2. The summed E-state index contributed by atoms with van der Waals surface area (Å²) in [5.74, 6) is -0.275. The van der Waals surface area contributed by atoms with Crippen molar-refractivity contribution in [3.63, 3.8) is 0 Å². The van der Waals surface area contributed by atoms with Gasteiger partial charge in [0, 0.05) is 31.5 Å². The molecule has 6 heteroatoms. The van der Waals surface area contributed by atoms with Gasteiger partial charge in [-0.25, -0.2) is 0 Å². The van der Waals surface area contributed by atoms with Crippen LogP contribution in [0.1, 0.15) is 26.2 Å². The monoisotopic (exact) mass is 293 g/mol. The first-order valence-electron chi connectivity index (χ1n) is 7.02. The highest BCUT2D eigenvalue weighted by atomic mass is 16.5. The first kappa shape index (κ1) is 17.1. The van der Waals surface area contributed by atoms with Crippen molar-refractivity contribution >= 4 is 23.2 Å². The van der Waals surface area contributed by atoms with Crippen LogP contribution in [0.15, 0.2) is 24.3 Å². The van der Waals surface area contributed by atoms with E-state index in [1.54, 1.807) is 38.3 Å². The average Bonchev–Trinajstić information content (AvgIpc) is 2.49. The van der Waals surface area contributed by atoms with E-state index in [4.69, 9.17) is 10.5 Å². The van der Waals surface area contributed by atoms with E-state index in [1.165, 1.54) is 0 Å². The van der Waals surface area contributed by atoms with Crippen LogP contribution in [-0.2, 0) is 14.3 Å². The zero-order valence-corrected chi connectivity index (χ0v) is 12.5. The van der Waals surface area contributed by atoms with Crippen LogP contribution in [0, 0.1) is 0 Å². The van der Waals surface area contributed by atoms with Gasteiger partial charge in [0.15, 0.2) is 0 Å². The topological polar surface area (TPSA) is 93.5 Å². The standard InChI is InChI=1S/C15H23N3O3/c1-3-14(19)17-11-6-8-12(9-7-11)18-15(20)13(16)5-4-10-21-2/h6-9,13H,3-5,10,16H2,1-2H3,(H,17,19)(H,18,20). The summed E-state index contributed by atoms with van der Waals surface area (Å²) in [6, 6.07) is 6.37. The van der Waals surface area contributed by atoms with Gasteiger partial charge in [-0.1, -0.05) is 6.92 Å². The van der Waals surface area contributed by atoms with Crippen LogP contribution in [0.5, 0.6) is 0 Å². The fraction of sp³-hybridized carbons (Fsp3) is 0.467. The molecule has 0 heterocycles. The summed E-state index contributed by atoms with van der Waals surface area (Å²) >= 11 is 0. The molecule has 0 radical (unpaired) electrons. The fourth-order valence-electron chi connectivity index (χ4n) is 1.70. The summed E-state index contributed by atoms with van der Waals surface area (Å²) in [6.07, 6.45) is 1.74. The molecule has 2 amide bonds. The Morgan fingerprint density at radius 1 is 1.19 bits per heavy atom. The molecule has 0 aliphatic carbocycles. The van der Waals surface area contributed by atoms with Crippen LogP contribution < -0.4 is 16.4 Å². The van der Waals surface area contributed by atoms with Crippen LogP contribution in [0.25, 0.3) is 0 Å². The van der Waals surface area contributed by atoms with Gasteiger partial charge in [0.25, 0.3) is 0 Å². The second-order valence-electron chi connectivity index (χ2n) is 4.71. The molecule has 0 fully saturated rings. The van der Waals surface area contributed by atoms with Gasteiger partial charge in [-0.2, -0.15) is 0 Å². The molecule has 0 aromatic heterocycles. The molecule has 4 N–H and O–H groups in total. The molecular formula is C15H23N3O3. The molecule has 1 rings (SSSR count). The highest BCUT2D eigenvalue weighted by Gasteiger charge is 2.13. The quantitative estimate of drug-likeness (QED) is 0.636. The molecule has 0 saturated heterocycles. The molecule has 6 nitrogen and oxygen atoms in total. The predicted molar refractivity (Wildman–Crippen MR) is 83.1 cm³/mol. The lowest BCUT2D eigenvalue weighted by Gasteiger charge is -2.12. The Morgan fingerprint density at radius 3 is 2.29 bits per heavy atom. The van der Waals surface area contributed by atoms with Crippen molar-refractivity contribution in [2.45, 2.75) is 32.2 Å². The van der Waals surface area contributed by atoms with Gasteiger partial charge < -0.3 is 21.1 Å². The average molecular weight is 293 g/mol. The number of amides is 2. The Kier molecular flexibility index (Phi) is 7.42.